The second-order valence-electron chi connectivity index (χ2n) is 7.89. The van der Waals surface area contributed by atoms with Gasteiger partial charge in [-0.1, -0.05) is 61.0 Å². The number of Topliss-reactive ketones (excluding diaryl/α,β-unsaturated/α-hetero) is 1. The van der Waals surface area contributed by atoms with Crippen LogP contribution < -0.4 is 10.1 Å². The lowest BCUT2D eigenvalue weighted by atomic mass is 9.85. The molecule has 0 aromatic heterocycles. The minimum absolute atomic E-state index is 0.229. The number of ketones is 1. The number of ether oxygens (including phenoxy) is 1. The molecule has 1 amide bonds. The fourth-order valence-corrected chi connectivity index (χ4v) is 3.70. The molecule has 1 N–H and O–H groups in total. The summed E-state index contributed by atoms with van der Waals surface area (Å²) in [7, 11) is 1.42. The van der Waals surface area contributed by atoms with Gasteiger partial charge in [-0.15, -0.1) is 0 Å². The molecule has 0 heterocycles. The van der Waals surface area contributed by atoms with E-state index in [1.165, 1.54) is 7.11 Å². The molecule has 0 atom stereocenters. The van der Waals surface area contributed by atoms with Crippen LogP contribution in [0.25, 0.3) is 10.8 Å². The molecule has 3 aromatic carbocycles. The maximum absolute atomic E-state index is 13.0. The number of fused-ring (bicyclic) bond motifs is 1. The zero-order chi connectivity index (χ0) is 22.1. The number of amides is 1. The van der Waals surface area contributed by atoms with Crippen LogP contribution in [0.15, 0.2) is 53.0 Å². The van der Waals surface area contributed by atoms with Crippen LogP contribution in [0.2, 0.25) is 0 Å². The van der Waals surface area contributed by atoms with Gasteiger partial charge in [-0.3, -0.25) is 9.59 Å². The lowest BCUT2D eigenvalue weighted by Gasteiger charge is -2.22. The number of nitrogens with one attached hydrogen (secondary N) is 1. The summed E-state index contributed by atoms with van der Waals surface area (Å²) in [5.74, 6) is -1.23. The van der Waals surface area contributed by atoms with Crippen LogP contribution in [-0.2, 0) is 10.2 Å². The first-order chi connectivity index (χ1) is 14.2. The van der Waals surface area contributed by atoms with Gasteiger partial charge in [-0.05, 0) is 46.0 Å². The number of anilines is 1. The second-order valence-corrected chi connectivity index (χ2v) is 8.74. The Hall–Kier alpha value is -3.17. The van der Waals surface area contributed by atoms with E-state index < -0.39 is 11.7 Å². The first-order valence-corrected chi connectivity index (χ1v) is 10.1. The van der Waals surface area contributed by atoms with Crippen LogP contribution in [0, 0.1) is 11.3 Å². The Morgan fingerprint density at radius 1 is 1.07 bits per heavy atom. The third-order valence-corrected chi connectivity index (χ3v) is 5.54. The number of hydrogen-bond acceptors (Lipinski definition) is 4. The quantitative estimate of drug-likeness (QED) is 0.402. The Balaban J connectivity index is 2.04. The molecular formula is C24H21BrN2O3. The van der Waals surface area contributed by atoms with Gasteiger partial charge in [0.25, 0.3) is 11.7 Å². The van der Waals surface area contributed by atoms with Crippen LogP contribution in [0.4, 0.5) is 5.69 Å². The Morgan fingerprint density at radius 2 is 1.73 bits per heavy atom. The molecule has 0 aliphatic rings. The summed E-state index contributed by atoms with van der Waals surface area (Å²) in [4.78, 5) is 25.8. The molecule has 0 saturated carbocycles. The molecule has 0 aliphatic heterocycles. The summed E-state index contributed by atoms with van der Waals surface area (Å²) < 4.78 is 6.19. The monoisotopic (exact) mass is 464 g/mol. The molecule has 6 heteroatoms. The van der Waals surface area contributed by atoms with Gasteiger partial charge in [0, 0.05) is 10.0 Å². The van der Waals surface area contributed by atoms with E-state index in [0.717, 1.165) is 15.4 Å². The topological polar surface area (TPSA) is 79.2 Å². The number of carbonyl (C=O) groups excluding carboxylic acids is 2. The van der Waals surface area contributed by atoms with E-state index in [1.807, 2.05) is 39.0 Å². The highest BCUT2D eigenvalue weighted by atomic mass is 79.9. The van der Waals surface area contributed by atoms with Crippen molar-refractivity contribution in [1.82, 2.24) is 0 Å². The number of carbonyl (C=O) groups is 2. The number of nitrogens with zero attached hydrogens (tertiary/aromatic N) is 1. The van der Waals surface area contributed by atoms with Gasteiger partial charge < -0.3 is 10.1 Å². The summed E-state index contributed by atoms with van der Waals surface area (Å²) >= 11 is 3.47. The number of halogens is 1. The Bertz CT molecular complexity index is 1200. The molecule has 0 aliphatic carbocycles. The predicted octanol–water partition coefficient (Wildman–Crippen LogP) is 5.60. The Morgan fingerprint density at radius 3 is 2.33 bits per heavy atom. The molecule has 0 fully saturated rings. The lowest BCUT2D eigenvalue weighted by molar-refractivity contribution is -0.112. The Kier molecular flexibility index (Phi) is 5.95. The number of nitriles is 1. The molecule has 0 unspecified atom stereocenters. The molecule has 3 aromatic rings. The van der Waals surface area contributed by atoms with Gasteiger partial charge in [-0.2, -0.15) is 5.26 Å². The van der Waals surface area contributed by atoms with Gasteiger partial charge in [0.1, 0.15) is 6.07 Å². The zero-order valence-corrected chi connectivity index (χ0v) is 18.8. The van der Waals surface area contributed by atoms with Crippen molar-refractivity contribution in [1.29, 1.82) is 5.26 Å². The molecule has 5 nitrogen and oxygen atoms in total. The fraction of sp³-hybridized carbons (Fsp3) is 0.208. The van der Waals surface area contributed by atoms with E-state index in [2.05, 4.69) is 27.3 Å². The average Bonchev–Trinajstić information content (AvgIpc) is 2.72. The molecule has 0 saturated heterocycles. The number of benzene rings is 3. The first kappa shape index (κ1) is 21.5. The van der Waals surface area contributed by atoms with Gasteiger partial charge in [0.15, 0.2) is 5.75 Å². The van der Waals surface area contributed by atoms with Crippen LogP contribution in [0.5, 0.6) is 5.75 Å². The number of rotatable bonds is 4. The van der Waals surface area contributed by atoms with Crippen LogP contribution in [0.1, 0.15) is 42.3 Å². The van der Waals surface area contributed by atoms with Crippen molar-refractivity contribution < 1.29 is 14.3 Å². The SMILES string of the molecule is COc1c(C#N)cc(C(C)(C)C)cc1NC(=O)C(=O)c1ccc(Br)c2ccccc12. The predicted molar refractivity (Wildman–Crippen MR) is 121 cm³/mol. The highest BCUT2D eigenvalue weighted by molar-refractivity contribution is 9.10. The van der Waals surface area contributed by atoms with Crippen molar-refractivity contribution in [2.24, 2.45) is 0 Å². The zero-order valence-electron chi connectivity index (χ0n) is 17.2. The molecule has 0 radical (unpaired) electrons. The summed E-state index contributed by atoms with van der Waals surface area (Å²) in [6.07, 6.45) is 0. The summed E-state index contributed by atoms with van der Waals surface area (Å²) in [6.45, 7) is 6.00. The third kappa shape index (κ3) is 4.07. The van der Waals surface area contributed by atoms with Gasteiger partial charge in [-0.25, -0.2) is 0 Å². The normalized spacial score (nSPS) is 11.1. The highest BCUT2D eigenvalue weighted by Gasteiger charge is 2.24. The highest BCUT2D eigenvalue weighted by Crippen LogP contribution is 2.35. The van der Waals surface area contributed by atoms with Gasteiger partial charge in [0.2, 0.25) is 0 Å². The maximum atomic E-state index is 13.0. The summed E-state index contributed by atoms with van der Waals surface area (Å²) in [6, 6.07) is 16.3. The van der Waals surface area contributed by atoms with Crippen molar-refractivity contribution in [3.05, 3.63) is 69.7 Å². The van der Waals surface area contributed by atoms with Crippen molar-refractivity contribution in [3.63, 3.8) is 0 Å². The maximum Gasteiger partial charge on any atom is 0.296 e. The minimum atomic E-state index is -0.796. The molecule has 0 spiro atoms. The van der Waals surface area contributed by atoms with Crippen LogP contribution in [0.3, 0.4) is 0 Å². The molecule has 0 bridgehead atoms. The largest absolute Gasteiger partial charge is 0.493 e. The van der Waals surface area contributed by atoms with E-state index >= 15 is 0 Å². The van der Waals surface area contributed by atoms with Crippen molar-refractivity contribution in [2.45, 2.75) is 26.2 Å². The van der Waals surface area contributed by atoms with E-state index in [4.69, 9.17) is 4.74 Å². The van der Waals surface area contributed by atoms with Crippen molar-refractivity contribution in [3.8, 4) is 11.8 Å². The van der Waals surface area contributed by atoms with Crippen LogP contribution >= 0.6 is 15.9 Å². The first-order valence-electron chi connectivity index (χ1n) is 9.33. The smallest absolute Gasteiger partial charge is 0.296 e. The minimum Gasteiger partial charge on any atom is -0.493 e. The number of methoxy groups -OCH3 is 1. The summed E-state index contributed by atoms with van der Waals surface area (Å²) in [5.41, 5.74) is 1.47. The van der Waals surface area contributed by atoms with Crippen molar-refractivity contribution in [2.75, 3.05) is 12.4 Å². The molecule has 3 rings (SSSR count). The second kappa shape index (κ2) is 8.29. The lowest BCUT2D eigenvalue weighted by Crippen LogP contribution is -2.24. The van der Waals surface area contributed by atoms with E-state index in [1.54, 1.807) is 30.3 Å². The van der Waals surface area contributed by atoms with Gasteiger partial charge in [0.05, 0.1) is 18.4 Å². The van der Waals surface area contributed by atoms with Crippen LogP contribution in [-0.4, -0.2) is 18.8 Å². The fourth-order valence-electron chi connectivity index (χ4n) is 3.22. The number of hydrogen-bond donors (Lipinski definition) is 1. The van der Waals surface area contributed by atoms with E-state index in [9.17, 15) is 14.9 Å². The van der Waals surface area contributed by atoms with Gasteiger partial charge >= 0.3 is 0 Å². The average molecular weight is 465 g/mol. The van der Waals surface area contributed by atoms with Crippen molar-refractivity contribution >= 4 is 44.1 Å². The van der Waals surface area contributed by atoms with E-state index in [-0.39, 0.29) is 11.2 Å². The summed E-state index contributed by atoms with van der Waals surface area (Å²) in [5, 5.41) is 13.7. The molecular weight excluding hydrogens is 444 g/mol. The standard InChI is InChI=1S/C24H21BrN2O3/c1-24(2,3)15-11-14(13-26)22(30-4)20(12-15)27-23(29)21(28)18-9-10-19(25)17-8-6-5-7-16(17)18/h5-12H,1-4H3,(H,27,29). The third-order valence-electron chi connectivity index (χ3n) is 4.85. The molecule has 152 valence electrons. The Labute approximate surface area is 183 Å². The molecule has 30 heavy (non-hydrogen) atoms. The van der Waals surface area contributed by atoms with E-state index in [0.29, 0.717) is 22.2 Å².